The molecule has 3 heterocycles. The molecule has 1 aromatic carbocycles. The maximum atomic E-state index is 14.4. The summed E-state index contributed by atoms with van der Waals surface area (Å²) in [6.07, 6.45) is 2.16. The topological polar surface area (TPSA) is 57.9 Å². The minimum absolute atomic E-state index is 0.187. The largest absolute Gasteiger partial charge is 0.496 e. The van der Waals surface area contributed by atoms with Crippen LogP contribution in [0.2, 0.25) is 0 Å². The van der Waals surface area contributed by atoms with Crippen molar-refractivity contribution in [3.63, 3.8) is 0 Å². The molecule has 0 aliphatic carbocycles. The van der Waals surface area contributed by atoms with Crippen LogP contribution >= 0.6 is 0 Å². The highest BCUT2D eigenvalue weighted by molar-refractivity contribution is 5.59. The number of methoxy groups -OCH3 is 1. The smallest absolute Gasteiger partial charge is 0.318 e. The van der Waals surface area contributed by atoms with E-state index >= 15 is 0 Å². The van der Waals surface area contributed by atoms with Crippen molar-refractivity contribution >= 4 is 6.01 Å². The number of ether oxygens (including phenoxy) is 1. The molecule has 0 atom stereocenters. The van der Waals surface area contributed by atoms with Crippen molar-refractivity contribution in [1.82, 2.24) is 20.0 Å². The fourth-order valence-corrected chi connectivity index (χ4v) is 4.10. The Hall–Kier alpha value is -2.19. The number of benzene rings is 1. The molecular formula is C20H28FN5O2. The van der Waals surface area contributed by atoms with E-state index in [4.69, 9.17) is 9.15 Å². The van der Waals surface area contributed by atoms with Crippen LogP contribution in [-0.4, -0.2) is 79.5 Å². The fourth-order valence-electron chi connectivity index (χ4n) is 4.10. The predicted molar refractivity (Wildman–Crippen MR) is 105 cm³/mol. The second kappa shape index (κ2) is 8.05. The molecule has 2 aliphatic rings. The number of piperazine rings is 1. The molecule has 28 heavy (non-hydrogen) atoms. The Bertz CT molecular complexity index is 811. The summed E-state index contributed by atoms with van der Waals surface area (Å²) in [5, 5.41) is 8.24. The van der Waals surface area contributed by atoms with E-state index in [9.17, 15) is 4.39 Å². The van der Waals surface area contributed by atoms with E-state index in [0.717, 1.165) is 57.7 Å². The zero-order valence-corrected chi connectivity index (χ0v) is 16.8. The van der Waals surface area contributed by atoms with Gasteiger partial charge in [0.25, 0.3) is 5.89 Å². The van der Waals surface area contributed by atoms with Crippen LogP contribution in [-0.2, 0) is 0 Å². The Morgan fingerprint density at radius 1 is 1.07 bits per heavy atom. The van der Waals surface area contributed by atoms with Gasteiger partial charge in [-0.2, -0.15) is 0 Å². The Morgan fingerprint density at radius 3 is 2.46 bits per heavy atom. The first-order valence-electron chi connectivity index (χ1n) is 9.90. The van der Waals surface area contributed by atoms with Crippen molar-refractivity contribution in [3.8, 4) is 17.2 Å². The summed E-state index contributed by atoms with van der Waals surface area (Å²) in [5.41, 5.74) is 1.00. The standard InChI is InChI=1S/C20H28FN5O2/c1-14-12-17(21)16(13-18(14)27-3)19-22-23-20(28-19)26-6-4-15(5-7-26)25-10-8-24(2)9-11-25/h12-13,15H,4-11H2,1-3H3. The lowest BCUT2D eigenvalue weighted by Crippen LogP contribution is -2.52. The van der Waals surface area contributed by atoms with Gasteiger partial charge in [0, 0.05) is 45.3 Å². The summed E-state index contributed by atoms with van der Waals surface area (Å²) < 4.78 is 25.5. The molecule has 4 rings (SSSR count). The number of piperidine rings is 1. The van der Waals surface area contributed by atoms with Gasteiger partial charge in [0.2, 0.25) is 0 Å². The SMILES string of the molecule is COc1cc(-c2nnc(N3CCC(N4CCN(C)CC4)CC3)o2)c(F)cc1C. The maximum Gasteiger partial charge on any atom is 0.318 e. The van der Waals surface area contributed by atoms with Crippen LogP contribution in [0.15, 0.2) is 16.5 Å². The van der Waals surface area contributed by atoms with Crippen molar-refractivity contribution in [2.75, 3.05) is 58.3 Å². The van der Waals surface area contributed by atoms with Gasteiger partial charge in [-0.25, -0.2) is 4.39 Å². The van der Waals surface area contributed by atoms with Gasteiger partial charge in [-0.15, -0.1) is 5.10 Å². The third-order valence-electron chi connectivity index (χ3n) is 5.92. The van der Waals surface area contributed by atoms with Crippen molar-refractivity contribution in [1.29, 1.82) is 0 Å². The average molecular weight is 389 g/mol. The van der Waals surface area contributed by atoms with Crippen LogP contribution in [0.5, 0.6) is 5.75 Å². The van der Waals surface area contributed by atoms with E-state index in [-0.39, 0.29) is 17.3 Å². The number of likely N-dealkylation sites (N-methyl/N-ethyl adjacent to an activating group) is 1. The number of halogens is 1. The highest BCUT2D eigenvalue weighted by atomic mass is 19.1. The number of hydrogen-bond donors (Lipinski definition) is 0. The monoisotopic (exact) mass is 389 g/mol. The Labute approximate surface area is 165 Å². The normalized spacial score (nSPS) is 19.9. The van der Waals surface area contributed by atoms with Crippen molar-refractivity contribution in [2.24, 2.45) is 0 Å². The molecule has 0 saturated carbocycles. The molecule has 0 radical (unpaired) electrons. The Morgan fingerprint density at radius 2 is 1.79 bits per heavy atom. The number of hydrogen-bond acceptors (Lipinski definition) is 7. The summed E-state index contributed by atoms with van der Waals surface area (Å²) in [6.45, 7) is 8.10. The van der Waals surface area contributed by atoms with Crippen LogP contribution in [0.25, 0.3) is 11.5 Å². The third kappa shape index (κ3) is 3.84. The van der Waals surface area contributed by atoms with Crippen molar-refractivity contribution in [3.05, 3.63) is 23.5 Å². The molecule has 2 aliphatic heterocycles. The molecule has 7 nitrogen and oxygen atoms in total. The lowest BCUT2D eigenvalue weighted by molar-refractivity contribution is 0.0976. The van der Waals surface area contributed by atoms with E-state index in [2.05, 4.69) is 31.9 Å². The second-order valence-electron chi connectivity index (χ2n) is 7.75. The zero-order valence-electron chi connectivity index (χ0n) is 16.8. The van der Waals surface area contributed by atoms with Crippen LogP contribution in [0, 0.1) is 12.7 Å². The Kier molecular flexibility index (Phi) is 5.50. The zero-order chi connectivity index (χ0) is 19.7. The van der Waals surface area contributed by atoms with Crippen LogP contribution in [0.3, 0.4) is 0 Å². The number of anilines is 1. The molecule has 0 unspecified atom stereocenters. The molecule has 0 bridgehead atoms. The fraction of sp³-hybridized carbons (Fsp3) is 0.600. The van der Waals surface area contributed by atoms with Gasteiger partial charge < -0.3 is 19.0 Å². The van der Waals surface area contributed by atoms with E-state index in [0.29, 0.717) is 17.8 Å². The van der Waals surface area contributed by atoms with E-state index in [1.54, 1.807) is 20.1 Å². The first-order valence-corrected chi connectivity index (χ1v) is 9.90. The second-order valence-corrected chi connectivity index (χ2v) is 7.75. The van der Waals surface area contributed by atoms with Gasteiger partial charge in [0.1, 0.15) is 11.6 Å². The number of aryl methyl sites for hydroxylation is 1. The molecule has 0 spiro atoms. The molecule has 2 fully saturated rings. The average Bonchev–Trinajstić information content (AvgIpc) is 3.19. The van der Waals surface area contributed by atoms with Crippen LogP contribution in [0.1, 0.15) is 18.4 Å². The quantitative estimate of drug-likeness (QED) is 0.796. The van der Waals surface area contributed by atoms with Gasteiger partial charge in [-0.05, 0) is 44.5 Å². The molecule has 0 amide bonds. The van der Waals surface area contributed by atoms with Gasteiger partial charge in [-0.3, -0.25) is 4.90 Å². The molecule has 8 heteroatoms. The predicted octanol–water partition coefficient (Wildman–Crippen LogP) is 2.41. The summed E-state index contributed by atoms with van der Waals surface area (Å²) in [5.74, 6) is 0.401. The third-order valence-corrected chi connectivity index (χ3v) is 5.92. The van der Waals surface area contributed by atoms with E-state index < -0.39 is 0 Å². The molecule has 0 N–H and O–H groups in total. The lowest BCUT2D eigenvalue weighted by atomic mass is 10.0. The maximum absolute atomic E-state index is 14.4. The molecular weight excluding hydrogens is 361 g/mol. The number of nitrogens with zero attached hydrogens (tertiary/aromatic N) is 5. The molecule has 2 aromatic rings. The lowest BCUT2D eigenvalue weighted by Gasteiger charge is -2.41. The van der Waals surface area contributed by atoms with Crippen molar-refractivity contribution < 1.29 is 13.5 Å². The van der Waals surface area contributed by atoms with Gasteiger partial charge in [0.05, 0.1) is 12.7 Å². The van der Waals surface area contributed by atoms with E-state index in [1.165, 1.54) is 6.07 Å². The van der Waals surface area contributed by atoms with Crippen LogP contribution < -0.4 is 9.64 Å². The summed E-state index contributed by atoms with van der Waals surface area (Å²) in [7, 11) is 3.74. The summed E-state index contributed by atoms with van der Waals surface area (Å²) in [4.78, 5) is 7.09. The van der Waals surface area contributed by atoms with Crippen molar-refractivity contribution in [2.45, 2.75) is 25.8 Å². The Balaban J connectivity index is 1.42. The first kappa shape index (κ1) is 19.1. The molecule has 152 valence electrons. The number of rotatable bonds is 4. The number of aromatic nitrogens is 2. The highest BCUT2D eigenvalue weighted by Gasteiger charge is 2.29. The summed E-state index contributed by atoms with van der Waals surface area (Å²) in [6, 6.07) is 4.12. The minimum Gasteiger partial charge on any atom is -0.496 e. The molecule has 2 saturated heterocycles. The van der Waals surface area contributed by atoms with Gasteiger partial charge in [-0.1, -0.05) is 5.10 Å². The van der Waals surface area contributed by atoms with Gasteiger partial charge >= 0.3 is 6.01 Å². The molecule has 1 aromatic heterocycles. The van der Waals surface area contributed by atoms with Gasteiger partial charge in [0.15, 0.2) is 0 Å². The summed E-state index contributed by atoms with van der Waals surface area (Å²) >= 11 is 0. The van der Waals surface area contributed by atoms with Crippen LogP contribution in [0.4, 0.5) is 10.4 Å². The first-order chi connectivity index (χ1) is 13.5. The highest BCUT2D eigenvalue weighted by Crippen LogP contribution is 2.31. The van der Waals surface area contributed by atoms with E-state index in [1.807, 2.05) is 0 Å². The minimum atomic E-state index is -0.387.